The number of nitrogens with one attached hydrogen (secondary N) is 1. The number of carbonyl (C=O) groups excluding carboxylic acids is 1. The van der Waals surface area contributed by atoms with Gasteiger partial charge in [0.2, 0.25) is 0 Å². The number of fused-ring (bicyclic) bond motifs is 3. The van der Waals surface area contributed by atoms with Crippen molar-refractivity contribution in [1.82, 2.24) is 20.2 Å². The van der Waals surface area contributed by atoms with E-state index in [0.717, 1.165) is 60.4 Å². The van der Waals surface area contributed by atoms with Gasteiger partial charge in [0, 0.05) is 29.6 Å². The highest BCUT2D eigenvalue weighted by molar-refractivity contribution is 7.19. The van der Waals surface area contributed by atoms with Crippen LogP contribution in [0.3, 0.4) is 0 Å². The number of nitrogen functional groups attached to an aromatic ring is 1. The second-order valence-electron chi connectivity index (χ2n) is 8.31. The van der Waals surface area contributed by atoms with Gasteiger partial charge in [-0.05, 0) is 56.2 Å². The summed E-state index contributed by atoms with van der Waals surface area (Å²) >= 11 is 1.80. The van der Waals surface area contributed by atoms with Crippen molar-refractivity contribution in [2.24, 2.45) is 0 Å². The third-order valence-electron chi connectivity index (χ3n) is 6.21. The van der Waals surface area contributed by atoms with Crippen LogP contribution in [-0.2, 0) is 19.4 Å². The predicted octanol–water partition coefficient (Wildman–Crippen LogP) is 3.55. The van der Waals surface area contributed by atoms with Crippen LogP contribution in [0.15, 0.2) is 30.3 Å². The average molecular weight is 422 g/mol. The fourth-order valence-electron chi connectivity index (χ4n) is 4.60. The Hall–Kier alpha value is -2.51. The molecule has 3 aromatic rings. The topological polar surface area (TPSA) is 84.1 Å². The van der Waals surface area contributed by atoms with Crippen molar-refractivity contribution in [2.45, 2.75) is 51.1 Å². The van der Waals surface area contributed by atoms with Crippen LogP contribution in [0.5, 0.6) is 0 Å². The average Bonchev–Trinajstić information content (AvgIpc) is 3.14. The lowest BCUT2D eigenvalue weighted by molar-refractivity contribution is 0.0908. The summed E-state index contributed by atoms with van der Waals surface area (Å²) in [4.78, 5) is 26.7. The van der Waals surface area contributed by atoms with E-state index in [1.165, 1.54) is 23.3 Å². The van der Waals surface area contributed by atoms with Crippen LogP contribution in [0.2, 0.25) is 0 Å². The summed E-state index contributed by atoms with van der Waals surface area (Å²) in [7, 11) is 0. The van der Waals surface area contributed by atoms with Gasteiger partial charge < -0.3 is 11.1 Å². The summed E-state index contributed by atoms with van der Waals surface area (Å²) in [6, 6.07) is 9.63. The lowest BCUT2D eigenvalue weighted by Crippen LogP contribution is -2.44. The molecule has 1 amide bonds. The fraction of sp³-hybridized carbons (Fsp3) is 0.435. The Bertz CT molecular complexity index is 1060. The predicted molar refractivity (Wildman–Crippen MR) is 121 cm³/mol. The zero-order valence-electron chi connectivity index (χ0n) is 17.1. The van der Waals surface area contributed by atoms with Gasteiger partial charge in [-0.2, -0.15) is 0 Å². The van der Waals surface area contributed by atoms with Gasteiger partial charge in [0.15, 0.2) is 0 Å². The van der Waals surface area contributed by atoms with Crippen molar-refractivity contribution in [3.63, 3.8) is 0 Å². The molecule has 6 nitrogen and oxygen atoms in total. The smallest absolute Gasteiger partial charge is 0.251 e. The van der Waals surface area contributed by atoms with E-state index in [1.807, 2.05) is 30.3 Å². The number of amides is 1. The Kier molecular flexibility index (Phi) is 5.39. The van der Waals surface area contributed by atoms with E-state index in [2.05, 4.69) is 15.2 Å². The largest absolute Gasteiger partial charge is 0.383 e. The SMILES string of the molecule is Nc1nc(CN2CCC(NC(=O)c3ccccc3)CC2)nc2sc3c(c12)CCCC3. The van der Waals surface area contributed by atoms with Crippen molar-refractivity contribution in [2.75, 3.05) is 18.8 Å². The molecule has 30 heavy (non-hydrogen) atoms. The van der Waals surface area contributed by atoms with Crippen molar-refractivity contribution < 1.29 is 4.79 Å². The van der Waals surface area contributed by atoms with Crippen molar-refractivity contribution in [3.8, 4) is 0 Å². The van der Waals surface area contributed by atoms with Crippen LogP contribution in [0, 0.1) is 0 Å². The van der Waals surface area contributed by atoms with E-state index in [-0.39, 0.29) is 11.9 Å². The molecule has 1 fully saturated rings. The minimum Gasteiger partial charge on any atom is -0.383 e. The molecule has 0 bridgehead atoms. The summed E-state index contributed by atoms with van der Waals surface area (Å²) in [5.74, 6) is 1.46. The Morgan fingerprint density at radius 1 is 1.13 bits per heavy atom. The number of likely N-dealkylation sites (tertiary alicyclic amines) is 1. The standard InChI is InChI=1S/C23H27N5OS/c24-21-20-17-8-4-5-9-18(17)30-23(20)27-19(26-21)14-28-12-10-16(11-13-28)25-22(29)15-6-2-1-3-7-15/h1-3,6-7,16H,4-5,8-14H2,(H,25,29)(H2,24,26,27). The number of piperidine rings is 1. The number of thiophene rings is 1. The molecule has 0 radical (unpaired) electrons. The summed E-state index contributed by atoms with van der Waals surface area (Å²) in [6.45, 7) is 2.55. The summed E-state index contributed by atoms with van der Waals surface area (Å²) < 4.78 is 0. The molecule has 2 aromatic heterocycles. The van der Waals surface area contributed by atoms with Gasteiger partial charge in [-0.15, -0.1) is 11.3 Å². The molecule has 1 saturated heterocycles. The van der Waals surface area contributed by atoms with Gasteiger partial charge in [-0.1, -0.05) is 18.2 Å². The second kappa shape index (κ2) is 8.32. The number of carbonyl (C=O) groups is 1. The third-order valence-corrected chi connectivity index (χ3v) is 7.40. The molecule has 156 valence electrons. The zero-order valence-corrected chi connectivity index (χ0v) is 17.9. The van der Waals surface area contributed by atoms with Crippen molar-refractivity contribution in [3.05, 3.63) is 52.2 Å². The van der Waals surface area contributed by atoms with E-state index in [0.29, 0.717) is 12.4 Å². The summed E-state index contributed by atoms with van der Waals surface area (Å²) in [6.07, 6.45) is 6.61. The molecule has 1 aromatic carbocycles. The molecule has 0 unspecified atom stereocenters. The molecule has 0 saturated carbocycles. The van der Waals surface area contributed by atoms with Crippen LogP contribution in [-0.4, -0.2) is 39.9 Å². The molecular weight excluding hydrogens is 394 g/mol. The Morgan fingerprint density at radius 2 is 1.90 bits per heavy atom. The summed E-state index contributed by atoms with van der Waals surface area (Å²) in [5, 5.41) is 4.26. The Morgan fingerprint density at radius 3 is 2.70 bits per heavy atom. The van der Waals surface area contributed by atoms with Gasteiger partial charge in [0.1, 0.15) is 16.5 Å². The van der Waals surface area contributed by atoms with E-state index in [1.54, 1.807) is 11.3 Å². The van der Waals surface area contributed by atoms with Crippen molar-refractivity contribution in [1.29, 1.82) is 0 Å². The highest BCUT2D eigenvalue weighted by atomic mass is 32.1. The Balaban J connectivity index is 1.21. The lowest BCUT2D eigenvalue weighted by Gasteiger charge is -2.31. The van der Waals surface area contributed by atoms with Gasteiger partial charge in [0.05, 0.1) is 11.9 Å². The van der Waals surface area contributed by atoms with Crippen LogP contribution < -0.4 is 11.1 Å². The molecule has 1 aliphatic carbocycles. The van der Waals surface area contributed by atoms with Crippen molar-refractivity contribution >= 4 is 33.3 Å². The normalized spacial score (nSPS) is 17.7. The van der Waals surface area contributed by atoms with Crippen LogP contribution >= 0.6 is 11.3 Å². The van der Waals surface area contributed by atoms with Crippen LogP contribution in [0.1, 0.15) is 52.3 Å². The number of aryl methyl sites for hydroxylation is 2. The highest BCUT2D eigenvalue weighted by Gasteiger charge is 2.24. The van der Waals surface area contributed by atoms with E-state index >= 15 is 0 Å². The monoisotopic (exact) mass is 421 g/mol. The molecule has 1 aliphatic heterocycles. The molecular formula is C23H27N5OS. The number of aromatic nitrogens is 2. The molecule has 2 aliphatic rings. The number of anilines is 1. The maximum Gasteiger partial charge on any atom is 0.251 e. The number of rotatable bonds is 4. The van der Waals surface area contributed by atoms with E-state index < -0.39 is 0 Å². The van der Waals surface area contributed by atoms with Gasteiger partial charge in [-0.3, -0.25) is 9.69 Å². The molecule has 0 atom stereocenters. The number of hydrogen-bond acceptors (Lipinski definition) is 6. The quantitative estimate of drug-likeness (QED) is 0.673. The first-order valence-corrected chi connectivity index (χ1v) is 11.6. The third kappa shape index (κ3) is 3.91. The van der Waals surface area contributed by atoms with Gasteiger partial charge >= 0.3 is 0 Å². The minimum atomic E-state index is 0.0114. The van der Waals surface area contributed by atoms with Crippen LogP contribution in [0.4, 0.5) is 5.82 Å². The summed E-state index contributed by atoms with van der Waals surface area (Å²) in [5.41, 5.74) is 8.46. The fourth-order valence-corrected chi connectivity index (χ4v) is 5.88. The number of nitrogens with zero attached hydrogens (tertiary/aromatic N) is 3. The number of benzene rings is 1. The molecule has 7 heteroatoms. The van der Waals surface area contributed by atoms with E-state index in [9.17, 15) is 4.79 Å². The van der Waals surface area contributed by atoms with Gasteiger partial charge in [-0.25, -0.2) is 9.97 Å². The maximum absolute atomic E-state index is 12.4. The first kappa shape index (κ1) is 19.5. The maximum atomic E-state index is 12.4. The number of nitrogens with two attached hydrogens (primary N) is 1. The first-order valence-electron chi connectivity index (χ1n) is 10.8. The second-order valence-corrected chi connectivity index (χ2v) is 9.39. The highest BCUT2D eigenvalue weighted by Crippen LogP contribution is 2.37. The van der Waals surface area contributed by atoms with Gasteiger partial charge in [0.25, 0.3) is 5.91 Å². The molecule has 0 spiro atoms. The minimum absolute atomic E-state index is 0.0114. The lowest BCUT2D eigenvalue weighted by atomic mass is 9.97. The Labute approximate surface area is 180 Å². The zero-order chi connectivity index (χ0) is 20.5. The molecule has 5 rings (SSSR count). The molecule has 3 heterocycles. The molecule has 3 N–H and O–H groups in total. The number of hydrogen-bond donors (Lipinski definition) is 2. The first-order chi connectivity index (χ1) is 14.7. The van der Waals surface area contributed by atoms with E-state index in [4.69, 9.17) is 10.7 Å². The van der Waals surface area contributed by atoms with Crippen LogP contribution in [0.25, 0.3) is 10.2 Å².